The maximum Gasteiger partial charge on any atom is 0.412 e. The van der Waals surface area contributed by atoms with Crippen molar-refractivity contribution >= 4 is 11.8 Å². The average Bonchev–Trinajstić information content (AvgIpc) is 2.33. The van der Waals surface area contributed by atoms with Gasteiger partial charge in [0, 0.05) is 0 Å². The molecule has 2 heterocycles. The van der Waals surface area contributed by atoms with Crippen molar-refractivity contribution in [2.75, 3.05) is 5.32 Å². The Bertz CT molecular complexity index is 331. The third kappa shape index (κ3) is 0.861. The van der Waals surface area contributed by atoms with Crippen molar-refractivity contribution in [1.82, 2.24) is 10.2 Å². The summed E-state index contributed by atoms with van der Waals surface area (Å²) in [5.41, 5.74) is 2.36. The predicted molar refractivity (Wildman–Crippen MR) is 41.8 cm³/mol. The normalized spacial score (nSPS) is 21.2. The lowest BCUT2D eigenvalue weighted by atomic mass is 10.2. The fourth-order valence-electron chi connectivity index (χ4n) is 1.25. The average molecular weight is 167 g/mol. The van der Waals surface area contributed by atoms with Gasteiger partial charge < -0.3 is 4.74 Å². The molecule has 0 aliphatic carbocycles. The van der Waals surface area contributed by atoms with Gasteiger partial charge in [-0.1, -0.05) is 0 Å². The van der Waals surface area contributed by atoms with Crippen LogP contribution >= 0.6 is 0 Å². The van der Waals surface area contributed by atoms with Crippen LogP contribution in [0, 0.1) is 6.92 Å². The number of carbonyl (C=O) groups is 1. The van der Waals surface area contributed by atoms with Gasteiger partial charge in [0.05, 0.1) is 11.4 Å². The molecule has 0 radical (unpaired) electrons. The first kappa shape index (κ1) is 7.15. The largest absolute Gasteiger partial charge is 0.440 e. The molecule has 0 aromatic carbocycles. The highest BCUT2D eigenvalue weighted by Crippen LogP contribution is 2.30. The molecular weight excluding hydrogens is 158 g/mol. The van der Waals surface area contributed by atoms with Crippen molar-refractivity contribution < 1.29 is 9.53 Å². The maximum absolute atomic E-state index is 10.9. The third-order valence-corrected chi connectivity index (χ3v) is 1.87. The fourth-order valence-corrected chi connectivity index (χ4v) is 1.25. The van der Waals surface area contributed by atoms with E-state index in [-0.39, 0.29) is 6.10 Å². The van der Waals surface area contributed by atoms with Crippen LogP contribution < -0.4 is 5.32 Å². The van der Waals surface area contributed by atoms with E-state index in [0.717, 1.165) is 17.1 Å². The Morgan fingerprint density at radius 3 is 3.08 bits per heavy atom. The van der Waals surface area contributed by atoms with Gasteiger partial charge in [-0.2, -0.15) is 5.10 Å². The maximum atomic E-state index is 10.9. The molecular formula is C7H9N3O2. The number of aromatic nitrogens is 2. The lowest BCUT2D eigenvalue weighted by molar-refractivity contribution is 0.114. The van der Waals surface area contributed by atoms with Crippen LogP contribution in [0.4, 0.5) is 10.5 Å². The van der Waals surface area contributed by atoms with E-state index in [1.807, 2.05) is 6.92 Å². The topological polar surface area (TPSA) is 67.0 Å². The molecule has 2 N–H and O–H groups in total. The first-order valence-corrected chi connectivity index (χ1v) is 3.71. The number of aromatic amines is 1. The molecule has 1 amide bonds. The van der Waals surface area contributed by atoms with Gasteiger partial charge in [0.2, 0.25) is 0 Å². The van der Waals surface area contributed by atoms with Gasteiger partial charge >= 0.3 is 6.09 Å². The summed E-state index contributed by atoms with van der Waals surface area (Å²) in [6, 6.07) is 0. The first-order chi connectivity index (χ1) is 5.68. The number of aryl methyl sites for hydroxylation is 1. The van der Waals surface area contributed by atoms with Gasteiger partial charge in [0.15, 0.2) is 0 Å². The van der Waals surface area contributed by atoms with E-state index in [1.165, 1.54) is 0 Å². The predicted octanol–water partition coefficient (Wildman–Crippen LogP) is 1.34. The Morgan fingerprint density at radius 2 is 2.33 bits per heavy atom. The number of carbonyl (C=O) groups excluding carboxylic acids is 1. The number of H-pyrrole nitrogens is 1. The van der Waals surface area contributed by atoms with Gasteiger partial charge in [-0.15, -0.1) is 0 Å². The SMILES string of the molecule is Cc1[nH]nc2c1NC(=O)OC2C. The second-order valence-electron chi connectivity index (χ2n) is 2.78. The minimum atomic E-state index is -0.417. The second-order valence-corrected chi connectivity index (χ2v) is 2.78. The van der Waals surface area contributed by atoms with Crippen molar-refractivity contribution in [2.45, 2.75) is 20.0 Å². The minimum Gasteiger partial charge on any atom is -0.440 e. The van der Waals surface area contributed by atoms with Crippen LogP contribution in [0.3, 0.4) is 0 Å². The smallest absolute Gasteiger partial charge is 0.412 e. The quantitative estimate of drug-likeness (QED) is 0.612. The lowest BCUT2D eigenvalue weighted by Gasteiger charge is -2.18. The molecule has 1 unspecified atom stereocenters. The Balaban J connectivity index is 2.49. The van der Waals surface area contributed by atoms with Crippen LogP contribution in [-0.4, -0.2) is 16.3 Å². The summed E-state index contributed by atoms with van der Waals surface area (Å²) in [5.74, 6) is 0. The van der Waals surface area contributed by atoms with E-state index < -0.39 is 6.09 Å². The zero-order valence-corrected chi connectivity index (χ0v) is 6.84. The van der Waals surface area contributed by atoms with Gasteiger partial charge in [-0.25, -0.2) is 4.79 Å². The summed E-state index contributed by atoms with van der Waals surface area (Å²) in [6.45, 7) is 3.64. The summed E-state index contributed by atoms with van der Waals surface area (Å²) in [6.07, 6.45) is -0.682. The molecule has 1 atom stereocenters. The molecule has 5 heteroatoms. The van der Waals surface area contributed by atoms with Crippen molar-refractivity contribution in [3.63, 3.8) is 0 Å². The Labute approximate surface area is 69.1 Å². The summed E-state index contributed by atoms with van der Waals surface area (Å²) in [4.78, 5) is 10.9. The Morgan fingerprint density at radius 1 is 1.58 bits per heavy atom. The molecule has 0 saturated carbocycles. The Kier molecular flexibility index (Phi) is 1.33. The number of ether oxygens (including phenoxy) is 1. The van der Waals surface area contributed by atoms with Gasteiger partial charge in [0.1, 0.15) is 11.8 Å². The van der Waals surface area contributed by atoms with Crippen LogP contribution in [0.1, 0.15) is 24.4 Å². The molecule has 0 spiro atoms. The molecule has 0 bridgehead atoms. The molecule has 64 valence electrons. The number of anilines is 1. The number of fused-ring (bicyclic) bond motifs is 1. The van der Waals surface area contributed by atoms with Crippen molar-refractivity contribution in [2.24, 2.45) is 0 Å². The van der Waals surface area contributed by atoms with Gasteiger partial charge in [-0.05, 0) is 13.8 Å². The number of cyclic esters (lactones) is 1. The molecule has 1 aliphatic heterocycles. The van der Waals surface area contributed by atoms with Gasteiger partial charge in [0.25, 0.3) is 0 Å². The zero-order chi connectivity index (χ0) is 8.72. The second kappa shape index (κ2) is 2.23. The molecule has 0 saturated heterocycles. The third-order valence-electron chi connectivity index (χ3n) is 1.87. The van der Waals surface area contributed by atoms with Crippen molar-refractivity contribution in [3.8, 4) is 0 Å². The van der Waals surface area contributed by atoms with E-state index in [2.05, 4.69) is 15.5 Å². The summed E-state index contributed by atoms with van der Waals surface area (Å²) in [5, 5.41) is 9.38. The van der Waals surface area contributed by atoms with Crippen LogP contribution in [0.15, 0.2) is 0 Å². The Hall–Kier alpha value is -1.52. The molecule has 2 rings (SSSR count). The van der Waals surface area contributed by atoms with Gasteiger partial charge in [-0.3, -0.25) is 10.4 Å². The van der Waals surface area contributed by atoms with Crippen LogP contribution in [-0.2, 0) is 4.74 Å². The molecule has 12 heavy (non-hydrogen) atoms. The van der Waals surface area contributed by atoms with Crippen LogP contribution in [0.25, 0.3) is 0 Å². The van der Waals surface area contributed by atoms with E-state index >= 15 is 0 Å². The molecule has 1 aliphatic rings. The summed E-state index contributed by atoms with van der Waals surface area (Å²) >= 11 is 0. The van der Waals surface area contributed by atoms with Crippen LogP contribution in [0.2, 0.25) is 0 Å². The molecule has 5 nitrogen and oxygen atoms in total. The number of rotatable bonds is 0. The van der Waals surface area contributed by atoms with E-state index in [9.17, 15) is 4.79 Å². The minimum absolute atomic E-state index is 0.265. The monoisotopic (exact) mass is 167 g/mol. The highest BCUT2D eigenvalue weighted by molar-refractivity contribution is 5.88. The number of nitrogens with one attached hydrogen (secondary N) is 2. The van der Waals surface area contributed by atoms with Crippen molar-refractivity contribution in [3.05, 3.63) is 11.4 Å². The molecule has 1 aromatic heterocycles. The van der Waals surface area contributed by atoms with E-state index in [1.54, 1.807) is 6.92 Å². The standard InChI is InChI=1S/C7H9N3O2/c1-3-5-6(10-9-3)4(2)12-7(11)8-5/h4H,1-2H3,(H,8,11)(H,9,10). The van der Waals surface area contributed by atoms with Crippen LogP contribution in [0.5, 0.6) is 0 Å². The molecule has 1 aromatic rings. The highest BCUT2D eigenvalue weighted by atomic mass is 16.6. The number of hydrogen-bond acceptors (Lipinski definition) is 3. The number of hydrogen-bond donors (Lipinski definition) is 2. The van der Waals surface area contributed by atoms with E-state index in [4.69, 9.17) is 4.74 Å². The lowest BCUT2D eigenvalue weighted by Crippen LogP contribution is -2.22. The number of amides is 1. The summed E-state index contributed by atoms with van der Waals surface area (Å²) in [7, 11) is 0. The summed E-state index contributed by atoms with van der Waals surface area (Å²) < 4.78 is 4.89. The highest BCUT2D eigenvalue weighted by Gasteiger charge is 2.26. The van der Waals surface area contributed by atoms with E-state index in [0.29, 0.717) is 0 Å². The number of nitrogens with zero attached hydrogens (tertiary/aromatic N) is 1. The van der Waals surface area contributed by atoms with Crippen molar-refractivity contribution in [1.29, 1.82) is 0 Å². The fraction of sp³-hybridized carbons (Fsp3) is 0.429. The first-order valence-electron chi connectivity index (χ1n) is 3.71. The zero-order valence-electron chi connectivity index (χ0n) is 6.84. The molecule has 0 fully saturated rings.